The normalized spacial score (nSPS) is 22.4. The Morgan fingerprint density at radius 2 is 0.750 bits per heavy atom. The monoisotopic (exact) mass is 1050 g/mol. The summed E-state index contributed by atoms with van der Waals surface area (Å²) in [6.45, 7) is 23.1. The Labute approximate surface area is 465 Å². The van der Waals surface area contributed by atoms with Crippen LogP contribution in [0.15, 0.2) is 189 Å². The van der Waals surface area contributed by atoms with E-state index in [-0.39, 0.29) is 21.7 Å². The van der Waals surface area contributed by atoms with Gasteiger partial charge in [0.05, 0.1) is 10.8 Å². The summed E-state index contributed by atoms with van der Waals surface area (Å²) in [7, 11) is 0. The zero-order valence-corrected chi connectivity index (χ0v) is 48.2. The average Bonchev–Trinajstić information content (AvgIpc) is 4.19. The third kappa shape index (κ3) is 9.31. The molecule has 5 heterocycles. The minimum atomic E-state index is -0.117. The molecule has 0 aromatic heterocycles. The quantitative estimate of drug-likeness (QED) is 0.163. The van der Waals surface area contributed by atoms with E-state index in [2.05, 4.69) is 220 Å². The minimum Gasteiger partial charge on any atom is -0.344 e. The summed E-state index contributed by atoms with van der Waals surface area (Å²) >= 11 is 14.8. The number of fused-ring (bicyclic) bond motifs is 12. The first-order valence-corrected chi connectivity index (χ1v) is 29.6. The maximum atomic E-state index is 7.41. The fraction of sp³-hybridized carbons (Fsp3) is 0.400. The van der Waals surface area contributed by atoms with Crippen LogP contribution in [0.1, 0.15) is 155 Å². The smallest absolute Gasteiger partial charge is 0.209 e. The molecule has 11 rings (SSSR count). The lowest BCUT2D eigenvalue weighted by Gasteiger charge is -2.28. The first-order valence-electron chi connectivity index (χ1n) is 28.8. The van der Waals surface area contributed by atoms with Gasteiger partial charge in [-0.25, -0.2) is 0 Å². The summed E-state index contributed by atoms with van der Waals surface area (Å²) in [5.41, 5.74) is 20.9. The average molecular weight is 1050 g/mol. The number of anilines is 2. The predicted octanol–water partition coefficient (Wildman–Crippen LogP) is 18.2. The van der Waals surface area contributed by atoms with E-state index in [9.17, 15) is 0 Å². The number of rotatable bonds is 0. The van der Waals surface area contributed by atoms with Gasteiger partial charge in [-0.1, -0.05) is 161 Å². The van der Waals surface area contributed by atoms with E-state index >= 15 is 0 Å². The van der Waals surface area contributed by atoms with Crippen LogP contribution in [0.3, 0.4) is 0 Å². The minimum absolute atomic E-state index is 0.117. The fourth-order valence-corrected chi connectivity index (χ4v) is 14.7. The maximum absolute atomic E-state index is 7.41. The van der Waals surface area contributed by atoms with Crippen LogP contribution >= 0.6 is 23.2 Å². The second kappa shape index (κ2) is 20.9. The van der Waals surface area contributed by atoms with Gasteiger partial charge in [-0.3, -0.25) is 0 Å². The number of benzene rings is 4. The van der Waals surface area contributed by atoms with Gasteiger partial charge in [-0.15, -0.1) is 0 Å². The van der Waals surface area contributed by atoms with Crippen LogP contribution in [0.5, 0.6) is 0 Å². The van der Waals surface area contributed by atoms with E-state index in [0.29, 0.717) is 0 Å². The Balaban J connectivity index is 0.921. The number of halogens is 2. The molecule has 76 heavy (non-hydrogen) atoms. The maximum Gasteiger partial charge on any atom is 0.209 e. The molecule has 0 N–H and O–H groups in total. The van der Waals surface area contributed by atoms with Crippen LogP contribution in [0.4, 0.5) is 22.7 Å². The zero-order chi connectivity index (χ0) is 53.0. The molecule has 4 aromatic carbocycles. The lowest BCUT2D eigenvalue weighted by molar-refractivity contribution is -0.440. The highest BCUT2D eigenvalue weighted by Gasteiger charge is 2.46. The molecule has 0 fully saturated rings. The molecule has 4 aromatic rings. The van der Waals surface area contributed by atoms with Crippen molar-refractivity contribution in [3.8, 4) is 0 Å². The molecule has 7 aliphatic rings. The first-order chi connectivity index (χ1) is 36.6. The lowest BCUT2D eigenvalue weighted by Crippen LogP contribution is -2.28. The van der Waals surface area contributed by atoms with Crippen molar-refractivity contribution in [3.05, 3.63) is 212 Å². The summed E-state index contributed by atoms with van der Waals surface area (Å²) in [6.07, 6.45) is 32.0. The van der Waals surface area contributed by atoms with Gasteiger partial charge < -0.3 is 9.80 Å². The van der Waals surface area contributed by atoms with Gasteiger partial charge in [0.2, 0.25) is 11.4 Å². The van der Waals surface area contributed by atoms with E-state index < -0.39 is 0 Å². The SMILES string of the molecule is CC1(C)C2=CC=C3CCC(=C3Cl)C=CC3=[N+](CCCCCC[N+]4=C(C=CC5=C(Cl)C(=CC=C6N(CCCCCCN2c2ccccc21)c1ccccc1C6(C)C)CC5)C(C)(C)c1ccccc14)c1ccccc1C3(C)C. The number of hydrogen-bond donors (Lipinski definition) is 0. The topological polar surface area (TPSA) is 12.5 Å². The summed E-state index contributed by atoms with van der Waals surface area (Å²) in [6, 6.07) is 36.2. The standard InChI is InChI=1S/C70H80Cl2N4/c1-67(2)53-25-13-17-29-57(53)73-45-21-9-10-22-46-74-58-30-18-14-26-54(58)69(5,6)63(74)43-39-51-35-36-52(66(51)72)40-44-64-70(7,8)56-28-16-20-32-60(56)76(64)48-24-12-11-23-47-75-59-31-19-15-27-55(59)68(3,4)62(75)42-38-50-34-33-49(65(50)71)37-41-61(67)73/h13-20,25-32,37-44H,9-12,21-24,33-36,45-48H2,1-8H3/q+2. The first kappa shape index (κ1) is 52.4. The van der Waals surface area contributed by atoms with E-state index in [1.54, 1.807) is 0 Å². The molecule has 5 aliphatic heterocycles. The highest BCUT2D eigenvalue weighted by atomic mass is 35.5. The van der Waals surface area contributed by atoms with Crippen LogP contribution in [-0.4, -0.2) is 46.8 Å². The van der Waals surface area contributed by atoms with Crippen molar-refractivity contribution in [2.24, 2.45) is 0 Å². The van der Waals surface area contributed by atoms with Gasteiger partial charge in [-0.2, -0.15) is 9.15 Å². The Bertz CT molecular complexity index is 3080. The van der Waals surface area contributed by atoms with Crippen molar-refractivity contribution in [2.75, 3.05) is 36.0 Å². The van der Waals surface area contributed by atoms with Gasteiger partial charge in [-0.05, 0) is 137 Å². The van der Waals surface area contributed by atoms with Crippen LogP contribution in [-0.2, 0) is 21.7 Å². The Kier molecular flexibility index (Phi) is 14.4. The molecule has 0 radical (unpaired) electrons. The molecule has 4 bridgehead atoms. The van der Waals surface area contributed by atoms with Crippen molar-refractivity contribution in [3.63, 3.8) is 0 Å². The van der Waals surface area contributed by atoms with Gasteiger partial charge in [0, 0.05) is 105 Å². The third-order valence-corrected chi connectivity index (χ3v) is 19.4. The number of nitrogens with zero attached hydrogens (tertiary/aromatic N) is 4. The predicted molar refractivity (Wildman–Crippen MR) is 324 cm³/mol. The van der Waals surface area contributed by atoms with Crippen LogP contribution in [0, 0.1) is 0 Å². The molecular formula is C70H80Cl2N4+2. The number of para-hydroxylation sites is 4. The van der Waals surface area contributed by atoms with E-state index in [4.69, 9.17) is 23.2 Å². The Morgan fingerprint density at radius 3 is 1.17 bits per heavy atom. The molecule has 392 valence electrons. The lowest BCUT2D eigenvalue weighted by atomic mass is 9.81. The van der Waals surface area contributed by atoms with Gasteiger partial charge in [0.1, 0.15) is 13.1 Å². The summed E-state index contributed by atoms with van der Waals surface area (Å²) in [4.78, 5) is 5.21. The molecular weight excluding hydrogens is 968 g/mol. The molecule has 0 spiro atoms. The second-order valence-electron chi connectivity index (χ2n) is 24.6. The Morgan fingerprint density at radius 1 is 0.382 bits per heavy atom. The number of allylic oxidation sites excluding steroid dienone is 16. The van der Waals surface area contributed by atoms with Crippen LogP contribution in [0.2, 0.25) is 0 Å². The van der Waals surface area contributed by atoms with Gasteiger partial charge in [0.25, 0.3) is 0 Å². The summed E-state index contributed by atoms with van der Waals surface area (Å²) in [5.74, 6) is 0. The molecule has 0 saturated carbocycles. The van der Waals surface area contributed by atoms with E-state index in [0.717, 1.165) is 87.6 Å². The van der Waals surface area contributed by atoms with Crippen molar-refractivity contribution in [1.29, 1.82) is 0 Å². The van der Waals surface area contributed by atoms with Gasteiger partial charge in [0.15, 0.2) is 11.4 Å². The molecule has 4 nitrogen and oxygen atoms in total. The van der Waals surface area contributed by atoms with Crippen molar-refractivity contribution in [2.45, 2.75) is 154 Å². The van der Waals surface area contributed by atoms with E-state index in [1.165, 1.54) is 116 Å². The van der Waals surface area contributed by atoms with Crippen LogP contribution in [0.25, 0.3) is 0 Å². The van der Waals surface area contributed by atoms with Crippen molar-refractivity contribution >= 4 is 57.4 Å². The number of hydrogen-bond acceptors (Lipinski definition) is 2. The highest BCUT2D eigenvalue weighted by molar-refractivity contribution is 6.33. The molecule has 2 aliphatic carbocycles. The largest absolute Gasteiger partial charge is 0.344 e. The zero-order valence-electron chi connectivity index (χ0n) is 46.7. The third-order valence-electron chi connectivity index (χ3n) is 18.4. The molecule has 0 amide bonds. The molecule has 6 heteroatoms. The summed E-state index contributed by atoms with van der Waals surface area (Å²) < 4.78 is 5.21. The summed E-state index contributed by atoms with van der Waals surface area (Å²) in [5, 5.41) is 1.83. The van der Waals surface area contributed by atoms with Crippen LogP contribution < -0.4 is 9.80 Å². The van der Waals surface area contributed by atoms with Crippen molar-refractivity contribution < 1.29 is 9.15 Å². The highest BCUT2D eigenvalue weighted by Crippen LogP contribution is 2.50. The Hall–Kier alpha value is -5.68. The fourth-order valence-electron chi connectivity index (χ4n) is 14.0. The molecule has 0 saturated heterocycles. The second-order valence-corrected chi connectivity index (χ2v) is 25.4. The van der Waals surface area contributed by atoms with Gasteiger partial charge >= 0.3 is 0 Å². The van der Waals surface area contributed by atoms with E-state index in [1.807, 2.05) is 0 Å². The molecule has 0 atom stereocenters. The molecule has 0 unspecified atom stereocenters. The van der Waals surface area contributed by atoms with Crippen molar-refractivity contribution in [1.82, 2.24) is 0 Å².